The van der Waals surface area contributed by atoms with E-state index >= 15 is 0 Å². The van der Waals surface area contributed by atoms with Gasteiger partial charge in [-0.3, -0.25) is 4.79 Å². The highest BCUT2D eigenvalue weighted by Gasteiger charge is 2.17. The number of ketones is 1. The second kappa shape index (κ2) is 6.93. The number of nitrogens with zero attached hydrogens (tertiary/aromatic N) is 1. The molecule has 0 spiro atoms. The molecule has 24 heavy (non-hydrogen) atoms. The Bertz CT molecular complexity index is 869. The van der Waals surface area contributed by atoms with Crippen LogP contribution in [-0.2, 0) is 0 Å². The maximum atomic E-state index is 12.5. The molecule has 1 aromatic heterocycles. The molecule has 0 radical (unpaired) electrons. The van der Waals surface area contributed by atoms with E-state index in [-0.39, 0.29) is 12.4 Å². The molecule has 4 heteroatoms. The molecule has 0 saturated heterocycles. The first-order valence-corrected chi connectivity index (χ1v) is 8.10. The van der Waals surface area contributed by atoms with Gasteiger partial charge in [0.05, 0.1) is 0 Å². The van der Waals surface area contributed by atoms with Gasteiger partial charge < -0.3 is 9.30 Å². The molecule has 0 bridgehead atoms. The van der Waals surface area contributed by atoms with Gasteiger partial charge in [-0.2, -0.15) is 0 Å². The summed E-state index contributed by atoms with van der Waals surface area (Å²) < 4.78 is 7.65. The second-order valence-electron chi connectivity index (χ2n) is 5.62. The summed E-state index contributed by atoms with van der Waals surface area (Å²) in [4.78, 5) is 12.5. The number of aromatic nitrogens is 1. The Hall–Kier alpha value is -2.52. The lowest BCUT2D eigenvalue weighted by Crippen LogP contribution is -2.12. The summed E-state index contributed by atoms with van der Waals surface area (Å²) in [5.41, 5.74) is 3.66. The van der Waals surface area contributed by atoms with Crippen LogP contribution in [0.1, 0.15) is 21.7 Å². The van der Waals surface area contributed by atoms with Crippen molar-refractivity contribution in [1.29, 1.82) is 0 Å². The van der Waals surface area contributed by atoms with E-state index in [1.165, 1.54) is 0 Å². The predicted octanol–water partition coefficient (Wildman–Crippen LogP) is 5.01. The molecule has 3 rings (SSSR count). The van der Waals surface area contributed by atoms with E-state index in [0.29, 0.717) is 16.3 Å². The number of aryl methyl sites for hydroxylation is 1. The lowest BCUT2D eigenvalue weighted by atomic mass is 10.1. The highest BCUT2D eigenvalue weighted by molar-refractivity contribution is 6.30. The number of rotatable bonds is 5. The zero-order valence-electron chi connectivity index (χ0n) is 13.6. The molecule has 3 nitrogen and oxygen atoms in total. The lowest BCUT2D eigenvalue weighted by Gasteiger charge is -2.10. The predicted molar refractivity (Wildman–Crippen MR) is 96.5 cm³/mol. The van der Waals surface area contributed by atoms with Gasteiger partial charge >= 0.3 is 0 Å². The largest absolute Gasteiger partial charge is 0.485 e. The van der Waals surface area contributed by atoms with E-state index in [1.807, 2.05) is 50.2 Å². The van der Waals surface area contributed by atoms with Crippen molar-refractivity contribution in [3.8, 4) is 11.4 Å². The average Bonchev–Trinajstić information content (AvgIpc) is 2.88. The molecule has 0 aliphatic heterocycles. The molecule has 0 aliphatic rings. The van der Waals surface area contributed by atoms with E-state index in [0.717, 1.165) is 17.1 Å². The molecule has 0 amide bonds. The van der Waals surface area contributed by atoms with Crippen LogP contribution in [0.5, 0.6) is 5.75 Å². The van der Waals surface area contributed by atoms with Gasteiger partial charge in [0.2, 0.25) is 5.78 Å². The van der Waals surface area contributed by atoms with Crippen LogP contribution in [-0.4, -0.2) is 17.0 Å². The van der Waals surface area contributed by atoms with E-state index in [2.05, 4.69) is 4.57 Å². The minimum atomic E-state index is -0.0507. The number of halogens is 1. The van der Waals surface area contributed by atoms with Crippen LogP contribution in [0, 0.1) is 13.8 Å². The number of hydrogen-bond acceptors (Lipinski definition) is 2. The highest BCUT2D eigenvalue weighted by atomic mass is 35.5. The number of para-hydroxylation sites is 1. The van der Waals surface area contributed by atoms with Crippen molar-refractivity contribution < 1.29 is 9.53 Å². The Kier molecular flexibility index (Phi) is 4.72. The summed E-state index contributed by atoms with van der Waals surface area (Å²) in [6, 6.07) is 18.9. The number of carbonyl (C=O) groups excluding carboxylic acids is 1. The average molecular weight is 340 g/mol. The smallest absolute Gasteiger partial charge is 0.202 e. The van der Waals surface area contributed by atoms with Crippen molar-refractivity contribution in [3.05, 3.63) is 82.6 Å². The van der Waals surface area contributed by atoms with Crippen LogP contribution in [0.15, 0.2) is 60.7 Å². The normalized spacial score (nSPS) is 10.6. The summed E-state index contributed by atoms with van der Waals surface area (Å²) in [7, 11) is 0. The summed E-state index contributed by atoms with van der Waals surface area (Å²) in [5, 5.41) is 0.585. The third-order valence-corrected chi connectivity index (χ3v) is 4.15. The first kappa shape index (κ1) is 16.3. The molecule has 0 aliphatic carbocycles. The Morgan fingerprint density at radius 1 is 1.04 bits per heavy atom. The Morgan fingerprint density at radius 2 is 1.79 bits per heavy atom. The number of benzene rings is 2. The van der Waals surface area contributed by atoms with Crippen molar-refractivity contribution >= 4 is 17.4 Å². The maximum Gasteiger partial charge on any atom is 0.202 e. The third-order valence-electron chi connectivity index (χ3n) is 3.91. The van der Waals surface area contributed by atoms with Crippen LogP contribution < -0.4 is 4.74 Å². The highest BCUT2D eigenvalue weighted by Crippen LogP contribution is 2.22. The zero-order valence-corrected chi connectivity index (χ0v) is 14.4. The van der Waals surface area contributed by atoms with Crippen molar-refractivity contribution in [2.45, 2.75) is 13.8 Å². The molecule has 1 heterocycles. The van der Waals surface area contributed by atoms with Gasteiger partial charge in [-0.15, -0.1) is 0 Å². The molecule has 3 aromatic rings. The van der Waals surface area contributed by atoms with E-state index < -0.39 is 0 Å². The molecular formula is C20H18ClNO2. The zero-order chi connectivity index (χ0) is 17.1. The van der Waals surface area contributed by atoms with Crippen LogP contribution >= 0.6 is 11.6 Å². The van der Waals surface area contributed by atoms with E-state index in [9.17, 15) is 4.79 Å². The summed E-state index contributed by atoms with van der Waals surface area (Å²) >= 11 is 5.93. The van der Waals surface area contributed by atoms with Gasteiger partial charge in [0.15, 0.2) is 6.61 Å². The Morgan fingerprint density at radius 3 is 2.50 bits per heavy atom. The molecule has 0 N–H and O–H groups in total. The van der Waals surface area contributed by atoms with Gasteiger partial charge in [0.25, 0.3) is 0 Å². The SMILES string of the molecule is Cc1cc(C(=O)COc2cccc(Cl)c2)c(C)n1-c1ccccc1. The molecule has 122 valence electrons. The fourth-order valence-corrected chi connectivity index (χ4v) is 2.98. The maximum absolute atomic E-state index is 12.5. The molecular weight excluding hydrogens is 322 g/mol. The standard InChI is InChI=1S/C20H18ClNO2/c1-14-11-19(15(2)22(14)17-8-4-3-5-9-17)20(23)13-24-18-10-6-7-16(21)12-18/h3-12H,13H2,1-2H3. The summed E-state index contributed by atoms with van der Waals surface area (Å²) in [6.45, 7) is 3.93. The first-order valence-electron chi connectivity index (χ1n) is 7.72. The topological polar surface area (TPSA) is 31.2 Å². The van der Waals surface area contributed by atoms with Crippen LogP contribution in [0.3, 0.4) is 0 Å². The fraction of sp³-hybridized carbons (Fsp3) is 0.150. The minimum Gasteiger partial charge on any atom is -0.485 e. The Labute approximate surface area is 146 Å². The number of ether oxygens (including phenoxy) is 1. The molecule has 2 aromatic carbocycles. The van der Waals surface area contributed by atoms with E-state index in [4.69, 9.17) is 16.3 Å². The first-order chi connectivity index (χ1) is 11.6. The van der Waals surface area contributed by atoms with Crippen molar-refractivity contribution in [3.63, 3.8) is 0 Å². The van der Waals surface area contributed by atoms with Crippen molar-refractivity contribution in [1.82, 2.24) is 4.57 Å². The van der Waals surface area contributed by atoms with Crippen LogP contribution in [0.2, 0.25) is 5.02 Å². The number of carbonyl (C=O) groups is 1. The lowest BCUT2D eigenvalue weighted by molar-refractivity contribution is 0.0921. The molecule has 0 atom stereocenters. The van der Waals surface area contributed by atoms with Crippen LogP contribution in [0.25, 0.3) is 5.69 Å². The van der Waals surface area contributed by atoms with Crippen molar-refractivity contribution in [2.24, 2.45) is 0 Å². The summed E-state index contributed by atoms with van der Waals surface area (Å²) in [6.07, 6.45) is 0. The quantitative estimate of drug-likeness (QED) is 0.612. The van der Waals surface area contributed by atoms with Gasteiger partial charge in [0, 0.05) is 27.7 Å². The minimum absolute atomic E-state index is 0.0145. The number of hydrogen-bond donors (Lipinski definition) is 0. The monoisotopic (exact) mass is 339 g/mol. The van der Waals surface area contributed by atoms with Crippen molar-refractivity contribution in [2.75, 3.05) is 6.61 Å². The molecule has 0 saturated carbocycles. The fourth-order valence-electron chi connectivity index (χ4n) is 2.80. The Balaban J connectivity index is 1.81. The van der Waals surface area contributed by atoms with Gasteiger partial charge in [-0.25, -0.2) is 0 Å². The van der Waals surface area contributed by atoms with Gasteiger partial charge in [-0.1, -0.05) is 35.9 Å². The van der Waals surface area contributed by atoms with Gasteiger partial charge in [-0.05, 0) is 50.2 Å². The second-order valence-corrected chi connectivity index (χ2v) is 6.06. The molecule has 0 fully saturated rings. The summed E-state index contributed by atoms with van der Waals surface area (Å²) in [5.74, 6) is 0.540. The third kappa shape index (κ3) is 3.36. The number of Topliss-reactive ketones (excluding diaryl/α,β-unsaturated/α-hetero) is 1. The van der Waals surface area contributed by atoms with E-state index in [1.54, 1.807) is 24.3 Å². The molecule has 0 unspecified atom stereocenters. The van der Waals surface area contributed by atoms with Gasteiger partial charge in [0.1, 0.15) is 5.75 Å². The van der Waals surface area contributed by atoms with Crippen LogP contribution in [0.4, 0.5) is 0 Å².